The summed E-state index contributed by atoms with van der Waals surface area (Å²) in [5.74, 6) is 0.436. The van der Waals surface area contributed by atoms with Crippen LogP contribution in [0.4, 0.5) is 0 Å². The van der Waals surface area contributed by atoms with Crippen molar-refractivity contribution in [2.24, 2.45) is 11.8 Å². The molecule has 1 saturated heterocycles. The van der Waals surface area contributed by atoms with E-state index in [1.54, 1.807) is 0 Å². The van der Waals surface area contributed by atoms with E-state index in [1.165, 1.54) is 7.11 Å². The van der Waals surface area contributed by atoms with Crippen LogP contribution in [0.3, 0.4) is 0 Å². The Hall–Kier alpha value is -1.06. The van der Waals surface area contributed by atoms with Gasteiger partial charge in [0.25, 0.3) is 0 Å². The highest BCUT2D eigenvalue weighted by Crippen LogP contribution is 2.26. The lowest BCUT2D eigenvalue weighted by molar-refractivity contribution is -0.141. The largest absolute Gasteiger partial charge is 0.469 e. The number of amides is 1. The van der Waals surface area contributed by atoms with Crippen LogP contribution in [0.2, 0.25) is 0 Å². The van der Waals surface area contributed by atoms with E-state index in [0.717, 1.165) is 0 Å². The van der Waals surface area contributed by atoms with Gasteiger partial charge in [-0.3, -0.25) is 9.59 Å². The Labute approximate surface area is 84.0 Å². The summed E-state index contributed by atoms with van der Waals surface area (Å²) < 4.78 is 4.59. The quantitative estimate of drug-likeness (QED) is 0.681. The molecule has 1 heterocycles. The first kappa shape index (κ1) is 11.0. The van der Waals surface area contributed by atoms with Gasteiger partial charge in [-0.15, -0.1) is 0 Å². The van der Waals surface area contributed by atoms with Crippen LogP contribution >= 0.6 is 0 Å². The Morgan fingerprint density at radius 3 is 2.79 bits per heavy atom. The van der Waals surface area contributed by atoms with Crippen molar-refractivity contribution in [2.45, 2.75) is 32.7 Å². The molecule has 0 bridgehead atoms. The lowest BCUT2D eigenvalue weighted by Gasteiger charge is -2.20. The molecule has 1 aliphatic heterocycles. The molecule has 1 fully saturated rings. The minimum atomic E-state index is -0.261. The van der Waals surface area contributed by atoms with Gasteiger partial charge in [0.05, 0.1) is 13.5 Å². The highest BCUT2D eigenvalue weighted by Gasteiger charge is 2.35. The zero-order valence-corrected chi connectivity index (χ0v) is 8.87. The molecule has 2 unspecified atom stereocenters. The van der Waals surface area contributed by atoms with Gasteiger partial charge in [0.2, 0.25) is 5.91 Å². The van der Waals surface area contributed by atoms with E-state index in [-0.39, 0.29) is 30.3 Å². The van der Waals surface area contributed by atoms with Crippen LogP contribution < -0.4 is 5.32 Å². The fraction of sp³-hybridized carbons (Fsp3) is 0.800. The number of esters is 1. The molecule has 4 nitrogen and oxygen atoms in total. The summed E-state index contributed by atoms with van der Waals surface area (Å²) >= 11 is 0. The van der Waals surface area contributed by atoms with Gasteiger partial charge in [0.15, 0.2) is 0 Å². The Morgan fingerprint density at radius 1 is 1.64 bits per heavy atom. The van der Waals surface area contributed by atoms with Crippen LogP contribution in [0.25, 0.3) is 0 Å². The van der Waals surface area contributed by atoms with Crippen molar-refractivity contribution in [1.82, 2.24) is 5.32 Å². The smallest absolute Gasteiger partial charge is 0.307 e. The second kappa shape index (κ2) is 4.44. The van der Waals surface area contributed by atoms with Gasteiger partial charge in [-0.25, -0.2) is 0 Å². The van der Waals surface area contributed by atoms with Gasteiger partial charge in [0, 0.05) is 12.5 Å². The number of hydrogen-bond acceptors (Lipinski definition) is 3. The number of carbonyl (C=O) groups excluding carboxylic acids is 2. The van der Waals surface area contributed by atoms with Crippen molar-refractivity contribution in [1.29, 1.82) is 0 Å². The summed E-state index contributed by atoms with van der Waals surface area (Å²) in [6.07, 6.45) is 0.810. The van der Waals surface area contributed by atoms with Gasteiger partial charge in [-0.05, 0) is 11.8 Å². The van der Waals surface area contributed by atoms with Crippen molar-refractivity contribution in [3.8, 4) is 0 Å². The van der Waals surface area contributed by atoms with E-state index < -0.39 is 0 Å². The van der Waals surface area contributed by atoms with Crippen molar-refractivity contribution >= 4 is 11.9 Å². The summed E-state index contributed by atoms with van der Waals surface area (Å²) in [6, 6.07) is -0.0463. The van der Waals surface area contributed by atoms with Gasteiger partial charge in [-0.1, -0.05) is 13.8 Å². The lowest BCUT2D eigenvalue weighted by Crippen LogP contribution is -2.33. The number of hydrogen-bond donors (Lipinski definition) is 1. The zero-order valence-electron chi connectivity index (χ0n) is 8.87. The molecular formula is C10H17NO3. The first-order chi connectivity index (χ1) is 6.54. The minimum absolute atomic E-state index is 0.0394. The fourth-order valence-corrected chi connectivity index (χ4v) is 1.89. The molecule has 1 aliphatic rings. The second-order valence-electron chi connectivity index (χ2n) is 4.07. The van der Waals surface area contributed by atoms with Crippen LogP contribution in [-0.2, 0) is 14.3 Å². The van der Waals surface area contributed by atoms with E-state index in [4.69, 9.17) is 0 Å². The lowest BCUT2D eigenvalue weighted by atomic mass is 9.87. The van der Waals surface area contributed by atoms with Crippen molar-refractivity contribution in [3.05, 3.63) is 0 Å². The molecule has 2 atom stereocenters. The predicted molar refractivity (Wildman–Crippen MR) is 51.5 cm³/mol. The van der Waals surface area contributed by atoms with Crippen molar-refractivity contribution in [3.63, 3.8) is 0 Å². The van der Waals surface area contributed by atoms with Gasteiger partial charge in [0.1, 0.15) is 0 Å². The maximum absolute atomic E-state index is 11.2. The van der Waals surface area contributed by atoms with Gasteiger partial charge < -0.3 is 10.1 Å². The molecule has 0 spiro atoms. The average molecular weight is 199 g/mol. The monoisotopic (exact) mass is 199 g/mol. The molecular weight excluding hydrogens is 182 g/mol. The maximum Gasteiger partial charge on any atom is 0.307 e. The Kier molecular flexibility index (Phi) is 3.49. The molecule has 14 heavy (non-hydrogen) atoms. The Bertz CT molecular complexity index is 238. The summed E-state index contributed by atoms with van der Waals surface area (Å²) in [5.41, 5.74) is 0. The van der Waals surface area contributed by atoms with Crippen molar-refractivity contribution in [2.75, 3.05) is 7.11 Å². The molecule has 4 heteroatoms. The average Bonchev–Trinajstić information content (AvgIpc) is 2.46. The molecule has 80 valence electrons. The number of methoxy groups -OCH3 is 1. The summed E-state index contributed by atoms with van der Waals surface area (Å²) in [5, 5.41) is 2.81. The highest BCUT2D eigenvalue weighted by molar-refractivity contribution is 5.80. The summed E-state index contributed by atoms with van der Waals surface area (Å²) in [6.45, 7) is 4.13. The van der Waals surface area contributed by atoms with Crippen molar-refractivity contribution < 1.29 is 14.3 Å². The van der Waals surface area contributed by atoms with Gasteiger partial charge >= 0.3 is 5.97 Å². The third kappa shape index (κ3) is 2.47. The maximum atomic E-state index is 11.2. The van der Waals surface area contributed by atoms with E-state index in [0.29, 0.717) is 12.3 Å². The standard InChI is InChI=1S/C10H17NO3/c1-6(2)7-4-9(12)11-8(7)5-10(13)14-3/h6-8H,4-5H2,1-3H3,(H,11,12). The molecule has 0 aromatic carbocycles. The Balaban J connectivity index is 2.57. The highest BCUT2D eigenvalue weighted by atomic mass is 16.5. The molecule has 1 amide bonds. The van der Waals surface area contributed by atoms with Crippen LogP contribution in [0.1, 0.15) is 26.7 Å². The third-order valence-corrected chi connectivity index (χ3v) is 2.75. The van der Waals surface area contributed by atoms with E-state index >= 15 is 0 Å². The molecule has 0 aromatic rings. The summed E-state index contributed by atoms with van der Waals surface area (Å²) in [7, 11) is 1.36. The summed E-state index contributed by atoms with van der Waals surface area (Å²) in [4.78, 5) is 22.2. The second-order valence-corrected chi connectivity index (χ2v) is 4.07. The van der Waals surface area contributed by atoms with E-state index in [9.17, 15) is 9.59 Å². The van der Waals surface area contributed by atoms with Crippen LogP contribution in [-0.4, -0.2) is 25.0 Å². The normalized spacial score (nSPS) is 26.4. The zero-order chi connectivity index (χ0) is 10.7. The topological polar surface area (TPSA) is 55.4 Å². The number of nitrogens with one attached hydrogen (secondary N) is 1. The van der Waals surface area contributed by atoms with Crippen LogP contribution in [0, 0.1) is 11.8 Å². The fourth-order valence-electron chi connectivity index (χ4n) is 1.89. The first-order valence-corrected chi connectivity index (χ1v) is 4.90. The van der Waals surface area contributed by atoms with E-state index in [2.05, 4.69) is 23.9 Å². The SMILES string of the molecule is COC(=O)CC1NC(=O)CC1C(C)C. The predicted octanol–water partition coefficient (Wildman–Crippen LogP) is 0.710. The molecule has 0 radical (unpaired) electrons. The van der Waals surface area contributed by atoms with E-state index in [1.807, 2.05) is 0 Å². The first-order valence-electron chi connectivity index (χ1n) is 4.90. The molecule has 0 aliphatic carbocycles. The van der Waals surface area contributed by atoms with Crippen LogP contribution in [0.15, 0.2) is 0 Å². The number of carbonyl (C=O) groups is 2. The molecule has 1 N–H and O–H groups in total. The van der Waals surface area contributed by atoms with Crippen LogP contribution in [0.5, 0.6) is 0 Å². The Morgan fingerprint density at radius 2 is 2.29 bits per heavy atom. The minimum Gasteiger partial charge on any atom is -0.469 e. The number of rotatable bonds is 3. The number of ether oxygens (including phenoxy) is 1. The molecule has 0 saturated carbocycles. The molecule has 1 rings (SSSR count). The molecule has 0 aromatic heterocycles. The third-order valence-electron chi connectivity index (χ3n) is 2.75. The van der Waals surface area contributed by atoms with Gasteiger partial charge in [-0.2, -0.15) is 0 Å².